The summed E-state index contributed by atoms with van der Waals surface area (Å²) in [5, 5.41) is 6.32. The summed E-state index contributed by atoms with van der Waals surface area (Å²) in [6.45, 7) is 0. The van der Waals surface area contributed by atoms with E-state index in [2.05, 4.69) is 10.8 Å². The minimum absolute atomic E-state index is 0.495. The number of thiocarbonyl (C=S) groups is 1. The molecule has 0 fully saturated rings. The topological polar surface area (TPSA) is 26.0 Å². The van der Waals surface area contributed by atoms with E-state index < -0.39 is 0 Å². The molecule has 3 aliphatic heterocycles. The molecular weight excluding hydrogens is 347 g/mol. The van der Waals surface area contributed by atoms with Crippen LogP contribution >= 0.6 is 82.8 Å². The van der Waals surface area contributed by atoms with Crippen LogP contribution < -0.4 is 5.73 Å². The standard InChI is InChI=1S/C9H5NS7/c10-5(11)4-3-14-8(15-4)9-16-6-7(17-9)13-2-1-12-6/h1-3H,(H2,10,11). The van der Waals surface area contributed by atoms with Crippen LogP contribution in [0, 0.1) is 0 Å². The average Bonchev–Trinajstić information content (AvgIpc) is 2.95. The van der Waals surface area contributed by atoms with Crippen LogP contribution in [0.3, 0.4) is 0 Å². The first-order chi connectivity index (χ1) is 8.24. The van der Waals surface area contributed by atoms with Crippen LogP contribution in [0.25, 0.3) is 0 Å². The van der Waals surface area contributed by atoms with Gasteiger partial charge in [-0.3, -0.25) is 0 Å². The fraction of sp³-hybridized carbons (Fsp3) is 0. The molecule has 0 spiro atoms. The first-order valence-corrected chi connectivity index (χ1v) is 9.91. The summed E-state index contributed by atoms with van der Waals surface area (Å²) >= 11 is 15.7. The number of hydrogen-bond donors (Lipinski definition) is 1. The van der Waals surface area contributed by atoms with Crippen molar-refractivity contribution >= 4 is 87.8 Å². The molecule has 0 aromatic heterocycles. The molecule has 0 unspecified atom stereocenters. The average molecular weight is 352 g/mol. The van der Waals surface area contributed by atoms with Crippen LogP contribution in [0.1, 0.15) is 0 Å². The van der Waals surface area contributed by atoms with E-state index in [9.17, 15) is 0 Å². The van der Waals surface area contributed by atoms with Gasteiger partial charge >= 0.3 is 0 Å². The molecule has 2 N–H and O–H groups in total. The second kappa shape index (κ2) is 5.52. The molecule has 0 radical (unpaired) electrons. The highest BCUT2D eigenvalue weighted by atomic mass is 32.3. The number of thioether (sulfide) groups is 6. The fourth-order valence-electron chi connectivity index (χ4n) is 1.13. The molecule has 0 saturated carbocycles. The lowest BCUT2D eigenvalue weighted by molar-refractivity contribution is 1.82. The molecule has 0 aliphatic carbocycles. The lowest BCUT2D eigenvalue weighted by Gasteiger charge is -2.02. The number of rotatable bonds is 1. The molecule has 88 valence electrons. The fourth-order valence-corrected chi connectivity index (χ4v) is 9.03. The van der Waals surface area contributed by atoms with E-state index in [1.165, 1.54) is 16.9 Å². The summed E-state index contributed by atoms with van der Waals surface area (Å²) in [5.74, 6) is 0. The molecule has 1 nitrogen and oxygen atoms in total. The molecule has 0 bridgehead atoms. The van der Waals surface area contributed by atoms with Crippen LogP contribution in [-0.4, -0.2) is 4.99 Å². The highest BCUT2D eigenvalue weighted by Crippen LogP contribution is 2.63. The van der Waals surface area contributed by atoms with E-state index in [1.807, 2.05) is 28.9 Å². The number of nitrogens with two attached hydrogens (primary N) is 1. The molecule has 3 heterocycles. The van der Waals surface area contributed by atoms with Gasteiger partial charge in [-0.05, 0) is 16.2 Å². The summed E-state index contributed by atoms with van der Waals surface area (Å²) in [5.41, 5.74) is 5.64. The van der Waals surface area contributed by atoms with Crippen LogP contribution in [0.4, 0.5) is 0 Å². The molecule has 3 rings (SSSR count). The Hall–Kier alpha value is 0.950. The smallest absolute Gasteiger partial charge is 0.111 e. The van der Waals surface area contributed by atoms with E-state index in [-0.39, 0.29) is 0 Å². The van der Waals surface area contributed by atoms with Gasteiger partial charge in [-0.2, -0.15) is 0 Å². The highest BCUT2D eigenvalue weighted by molar-refractivity contribution is 8.43. The molecule has 0 amide bonds. The van der Waals surface area contributed by atoms with Crippen LogP contribution in [0.2, 0.25) is 0 Å². The monoisotopic (exact) mass is 351 g/mol. The third-order valence-corrected chi connectivity index (χ3v) is 10.3. The zero-order valence-electron chi connectivity index (χ0n) is 8.17. The minimum atomic E-state index is 0.495. The van der Waals surface area contributed by atoms with Crippen molar-refractivity contribution in [3.63, 3.8) is 0 Å². The van der Waals surface area contributed by atoms with E-state index >= 15 is 0 Å². The van der Waals surface area contributed by atoms with E-state index in [0.717, 1.165) is 4.91 Å². The largest absolute Gasteiger partial charge is 0.389 e. The van der Waals surface area contributed by atoms with Gasteiger partial charge in [0.15, 0.2) is 0 Å². The maximum Gasteiger partial charge on any atom is 0.111 e. The van der Waals surface area contributed by atoms with Crippen molar-refractivity contribution in [1.82, 2.24) is 0 Å². The zero-order valence-corrected chi connectivity index (χ0v) is 13.9. The van der Waals surface area contributed by atoms with Crippen LogP contribution in [0.15, 0.2) is 38.1 Å². The van der Waals surface area contributed by atoms with Crippen LogP contribution in [-0.2, 0) is 0 Å². The summed E-state index contributed by atoms with van der Waals surface area (Å²) < 4.78 is 5.46. The third-order valence-electron chi connectivity index (χ3n) is 1.83. The van der Waals surface area contributed by atoms with Gasteiger partial charge in [0.25, 0.3) is 0 Å². The van der Waals surface area contributed by atoms with E-state index in [4.69, 9.17) is 18.0 Å². The van der Waals surface area contributed by atoms with E-state index in [0.29, 0.717) is 4.99 Å². The van der Waals surface area contributed by atoms with Crippen molar-refractivity contribution in [3.8, 4) is 0 Å². The van der Waals surface area contributed by atoms with Gasteiger partial charge in [-0.15, -0.1) is 0 Å². The second-order valence-electron chi connectivity index (χ2n) is 2.93. The predicted octanol–water partition coefficient (Wildman–Crippen LogP) is 5.28. The van der Waals surface area contributed by atoms with Crippen LogP contribution in [0.5, 0.6) is 0 Å². The molecule has 0 saturated heterocycles. The summed E-state index contributed by atoms with van der Waals surface area (Å²) in [6.07, 6.45) is 0. The lowest BCUT2D eigenvalue weighted by Crippen LogP contribution is -2.07. The van der Waals surface area contributed by atoms with E-state index in [1.54, 1.807) is 47.0 Å². The van der Waals surface area contributed by atoms with Crippen molar-refractivity contribution in [2.75, 3.05) is 0 Å². The number of hydrogen-bond acceptors (Lipinski definition) is 7. The first kappa shape index (κ1) is 13.0. The Kier molecular flexibility index (Phi) is 4.21. The van der Waals surface area contributed by atoms with Crippen molar-refractivity contribution in [3.05, 3.63) is 38.1 Å². The lowest BCUT2D eigenvalue weighted by atomic mass is 10.6. The highest BCUT2D eigenvalue weighted by Gasteiger charge is 2.28. The Bertz CT molecular complexity index is 491. The Balaban J connectivity index is 1.75. The maximum atomic E-state index is 5.64. The van der Waals surface area contributed by atoms with Gasteiger partial charge in [0.2, 0.25) is 0 Å². The van der Waals surface area contributed by atoms with Gasteiger partial charge in [0.1, 0.15) is 4.99 Å². The summed E-state index contributed by atoms with van der Waals surface area (Å²) in [6, 6.07) is 0. The zero-order chi connectivity index (χ0) is 11.8. The van der Waals surface area contributed by atoms with Gasteiger partial charge in [0, 0.05) is 0 Å². The molecule has 17 heavy (non-hydrogen) atoms. The molecule has 0 aromatic carbocycles. The maximum absolute atomic E-state index is 5.64. The first-order valence-electron chi connectivity index (χ1n) is 4.41. The molecular formula is C9H5NS7. The second-order valence-corrected chi connectivity index (χ2v) is 10.2. The Labute approximate surface area is 130 Å². The normalized spacial score (nSPS) is 23.2. The molecule has 8 heteroatoms. The third kappa shape index (κ3) is 2.77. The van der Waals surface area contributed by atoms with Gasteiger partial charge in [0.05, 0.1) is 21.9 Å². The van der Waals surface area contributed by atoms with Crippen molar-refractivity contribution in [2.45, 2.75) is 0 Å². The quantitative estimate of drug-likeness (QED) is 0.638. The Morgan fingerprint density at radius 3 is 2.00 bits per heavy atom. The Morgan fingerprint density at radius 1 is 0.882 bits per heavy atom. The molecule has 3 aliphatic rings. The van der Waals surface area contributed by atoms with Crippen molar-refractivity contribution in [2.24, 2.45) is 5.73 Å². The summed E-state index contributed by atoms with van der Waals surface area (Å²) in [4.78, 5) is 1.51. The van der Waals surface area contributed by atoms with Crippen molar-refractivity contribution in [1.29, 1.82) is 0 Å². The molecule has 0 aromatic rings. The van der Waals surface area contributed by atoms with Gasteiger partial charge in [-0.1, -0.05) is 82.8 Å². The van der Waals surface area contributed by atoms with Crippen molar-refractivity contribution < 1.29 is 0 Å². The predicted molar refractivity (Wildman–Crippen MR) is 93.6 cm³/mol. The Morgan fingerprint density at radius 2 is 1.47 bits per heavy atom. The van der Waals surface area contributed by atoms with Gasteiger partial charge in [-0.25, -0.2) is 0 Å². The minimum Gasteiger partial charge on any atom is -0.389 e. The molecule has 0 atom stereocenters. The summed E-state index contributed by atoms with van der Waals surface area (Å²) in [7, 11) is 0. The van der Waals surface area contributed by atoms with Gasteiger partial charge < -0.3 is 5.73 Å². The SMILES string of the molecule is NC(=S)C1=CSC(=C2SC3=C(SC=CS3)S2)S1.